The fraction of sp³-hybridized carbons (Fsp3) is 0.548. The fourth-order valence-electron chi connectivity index (χ4n) is 6.77. The molecular formula is C42H58N4O5. The second kappa shape index (κ2) is 22.6. The van der Waals surface area contributed by atoms with E-state index in [-0.39, 0.29) is 37.1 Å². The first-order chi connectivity index (χ1) is 24.6. The van der Waals surface area contributed by atoms with Crippen LogP contribution in [-0.4, -0.2) is 89.7 Å². The van der Waals surface area contributed by atoms with Gasteiger partial charge in [0.25, 0.3) is 0 Å². The average Bonchev–Trinajstić information content (AvgIpc) is 3.14. The third-order valence-corrected chi connectivity index (χ3v) is 9.96. The van der Waals surface area contributed by atoms with Crippen LogP contribution in [-0.2, 0) is 27.3 Å². The van der Waals surface area contributed by atoms with Gasteiger partial charge in [-0.2, -0.15) is 0 Å². The van der Waals surface area contributed by atoms with Crippen molar-refractivity contribution in [2.45, 2.75) is 95.4 Å². The van der Waals surface area contributed by atoms with E-state index in [2.05, 4.69) is 39.5 Å². The quantitative estimate of drug-likeness (QED) is 0.145. The van der Waals surface area contributed by atoms with Gasteiger partial charge in [0.2, 0.25) is 17.7 Å². The van der Waals surface area contributed by atoms with Crippen LogP contribution < -0.4 is 10.6 Å². The molecule has 3 rings (SSSR count). The molecule has 0 aromatic heterocycles. The molecule has 1 aliphatic carbocycles. The molecule has 51 heavy (non-hydrogen) atoms. The lowest BCUT2D eigenvalue weighted by molar-refractivity contribution is -0.136. The maximum Gasteiger partial charge on any atom is 0.225 e. The van der Waals surface area contributed by atoms with E-state index in [1.807, 2.05) is 55.6 Å². The Morgan fingerprint density at radius 3 is 2.14 bits per heavy atom. The second-order valence-corrected chi connectivity index (χ2v) is 14.1. The lowest BCUT2D eigenvalue weighted by atomic mass is 9.82. The largest absolute Gasteiger partial charge is 0.389 e. The highest BCUT2D eigenvalue weighted by Gasteiger charge is 2.33. The first-order valence-corrected chi connectivity index (χ1v) is 18.4. The molecule has 0 radical (unpaired) electrons. The van der Waals surface area contributed by atoms with Gasteiger partial charge in [-0.15, -0.1) is 24.7 Å². The number of amides is 3. The Morgan fingerprint density at radius 2 is 1.51 bits per heavy atom. The highest BCUT2D eigenvalue weighted by molar-refractivity contribution is 5.86. The number of aliphatic hydroxyl groups excluding tert-OH is 2. The summed E-state index contributed by atoms with van der Waals surface area (Å²) >= 11 is 0. The van der Waals surface area contributed by atoms with Gasteiger partial charge in [0.15, 0.2) is 0 Å². The van der Waals surface area contributed by atoms with Crippen molar-refractivity contribution in [3.05, 3.63) is 71.8 Å². The summed E-state index contributed by atoms with van der Waals surface area (Å²) in [5.41, 5.74) is 2.13. The van der Waals surface area contributed by atoms with Gasteiger partial charge in [0.05, 0.1) is 24.0 Å². The predicted molar refractivity (Wildman–Crippen MR) is 202 cm³/mol. The Labute approximate surface area is 305 Å². The number of rotatable bonds is 21. The van der Waals surface area contributed by atoms with Gasteiger partial charge in [-0.05, 0) is 43.4 Å². The molecule has 0 spiro atoms. The zero-order chi connectivity index (χ0) is 37.0. The zero-order valence-corrected chi connectivity index (χ0v) is 30.5. The Kier molecular flexibility index (Phi) is 18.3. The number of hydrogen-bond acceptors (Lipinski definition) is 6. The number of likely N-dealkylation sites (N-methyl/N-ethyl adjacent to an activating group) is 2. The third kappa shape index (κ3) is 14.9. The molecule has 0 aliphatic heterocycles. The lowest BCUT2D eigenvalue weighted by Crippen LogP contribution is -2.52. The number of carbonyl (C=O) groups is 3. The minimum atomic E-state index is -1.23. The van der Waals surface area contributed by atoms with Crippen LogP contribution in [0.2, 0.25) is 0 Å². The molecule has 3 amide bonds. The van der Waals surface area contributed by atoms with Gasteiger partial charge < -0.3 is 30.6 Å². The average molecular weight is 699 g/mol. The summed E-state index contributed by atoms with van der Waals surface area (Å²) in [4.78, 5) is 44.8. The lowest BCUT2D eigenvalue weighted by Gasteiger charge is -2.33. The van der Waals surface area contributed by atoms with Crippen LogP contribution in [0, 0.1) is 42.4 Å². The van der Waals surface area contributed by atoms with Crippen molar-refractivity contribution >= 4 is 17.7 Å². The van der Waals surface area contributed by atoms with Gasteiger partial charge >= 0.3 is 0 Å². The van der Waals surface area contributed by atoms with E-state index in [1.165, 1.54) is 12.0 Å². The summed E-state index contributed by atoms with van der Waals surface area (Å²) in [6.45, 7) is 1.97. The molecule has 1 aliphatic rings. The van der Waals surface area contributed by atoms with Crippen LogP contribution >= 0.6 is 0 Å². The van der Waals surface area contributed by atoms with Crippen LogP contribution in [0.3, 0.4) is 0 Å². The van der Waals surface area contributed by atoms with Crippen LogP contribution in [0.5, 0.6) is 0 Å². The second-order valence-electron chi connectivity index (χ2n) is 14.1. The molecule has 9 heteroatoms. The van der Waals surface area contributed by atoms with Crippen molar-refractivity contribution in [2.24, 2.45) is 17.8 Å². The number of nitrogens with one attached hydrogen (secondary N) is 2. The molecule has 5 atom stereocenters. The number of aliphatic hydroxyl groups is 2. The normalized spacial score (nSPS) is 16.1. The van der Waals surface area contributed by atoms with E-state index in [0.29, 0.717) is 44.7 Å². The van der Waals surface area contributed by atoms with Crippen LogP contribution in [0.15, 0.2) is 60.7 Å². The van der Waals surface area contributed by atoms with Crippen molar-refractivity contribution in [3.63, 3.8) is 0 Å². The zero-order valence-electron chi connectivity index (χ0n) is 30.5. The number of hydrogen-bond donors (Lipinski definition) is 4. The van der Waals surface area contributed by atoms with Crippen LogP contribution in [0.1, 0.15) is 75.3 Å². The molecule has 2 aromatic carbocycles. The molecular weight excluding hydrogens is 640 g/mol. The van der Waals surface area contributed by atoms with Gasteiger partial charge in [-0.1, -0.05) is 92.8 Å². The standard InChI is InChI=1S/C42H58N4O5/c1-5-7-24-35(42(51)44-37(40(49)38(47)17-6-2)28-33-20-13-9-14-21-33)30-43-41(50)36(27-32-18-11-8-12-19-32)29-39(48)46(4)26-25-45(3)31-34-22-15-10-16-23-34/h1-2,8,10-12,15-16,18-19,22-23,33,35-38,40,47,49H,7,9,13-14,17,20-21,24-31H2,3-4H3,(H,43,50)(H,44,51)/t35-,36?,37?,38+,40-/m1/s1. The fourth-order valence-corrected chi connectivity index (χ4v) is 6.77. The Bertz CT molecular complexity index is 1420. The highest BCUT2D eigenvalue weighted by atomic mass is 16.3. The number of terminal acetylenes is 2. The number of carbonyl (C=O) groups excluding carboxylic acids is 3. The van der Waals surface area contributed by atoms with Gasteiger partial charge in [-0.25, -0.2) is 0 Å². The topological polar surface area (TPSA) is 122 Å². The van der Waals surface area contributed by atoms with E-state index in [9.17, 15) is 24.6 Å². The Hall–Kier alpha value is -4.15. The molecule has 0 heterocycles. The van der Waals surface area contributed by atoms with E-state index in [1.54, 1.807) is 11.9 Å². The van der Waals surface area contributed by atoms with Gasteiger partial charge in [-0.3, -0.25) is 14.4 Å². The summed E-state index contributed by atoms with van der Waals surface area (Å²) in [6, 6.07) is 19.0. The summed E-state index contributed by atoms with van der Waals surface area (Å²) in [5.74, 6) is 3.17. The minimum Gasteiger partial charge on any atom is -0.389 e. The minimum absolute atomic E-state index is 0.0174. The molecule has 9 nitrogen and oxygen atoms in total. The molecule has 2 aromatic rings. The maximum atomic E-state index is 13.8. The SMILES string of the molecule is C#CCC[C@H](CNC(=O)C(CC(=O)N(C)CCN(C)Cc1ccccc1)Cc1ccccc1)C(=O)NC(CC1CCCCC1)[C@@H](O)[C@@H](O)CC#C. The maximum absolute atomic E-state index is 13.8. The van der Waals surface area contributed by atoms with Crippen molar-refractivity contribution in [1.29, 1.82) is 0 Å². The molecule has 2 unspecified atom stereocenters. The van der Waals surface area contributed by atoms with Crippen molar-refractivity contribution < 1.29 is 24.6 Å². The first kappa shape index (κ1) is 41.3. The van der Waals surface area contributed by atoms with E-state index in [4.69, 9.17) is 12.8 Å². The third-order valence-electron chi connectivity index (χ3n) is 9.96. The monoisotopic (exact) mass is 698 g/mol. The van der Waals surface area contributed by atoms with Crippen molar-refractivity contribution in [3.8, 4) is 24.7 Å². The van der Waals surface area contributed by atoms with Crippen LogP contribution in [0.4, 0.5) is 0 Å². The molecule has 4 N–H and O–H groups in total. The molecule has 0 saturated heterocycles. The van der Waals surface area contributed by atoms with Crippen molar-refractivity contribution in [1.82, 2.24) is 20.4 Å². The highest BCUT2D eigenvalue weighted by Crippen LogP contribution is 2.29. The smallest absolute Gasteiger partial charge is 0.225 e. The molecule has 1 saturated carbocycles. The van der Waals surface area contributed by atoms with E-state index >= 15 is 0 Å². The van der Waals surface area contributed by atoms with E-state index in [0.717, 1.165) is 37.8 Å². The molecule has 0 bridgehead atoms. The summed E-state index contributed by atoms with van der Waals surface area (Å²) < 4.78 is 0. The summed E-state index contributed by atoms with van der Waals surface area (Å²) in [7, 11) is 3.77. The van der Waals surface area contributed by atoms with Gasteiger partial charge in [0.1, 0.15) is 6.10 Å². The number of nitrogens with zero attached hydrogens (tertiary/aromatic N) is 2. The molecule has 276 valence electrons. The Morgan fingerprint density at radius 1 is 0.863 bits per heavy atom. The van der Waals surface area contributed by atoms with Gasteiger partial charge in [0, 0.05) is 52.5 Å². The summed E-state index contributed by atoms with van der Waals surface area (Å²) in [6.07, 6.45) is 15.5. The number of benzene rings is 2. The Balaban J connectivity index is 1.67. The first-order valence-electron chi connectivity index (χ1n) is 18.4. The van der Waals surface area contributed by atoms with Crippen LogP contribution in [0.25, 0.3) is 0 Å². The summed E-state index contributed by atoms with van der Waals surface area (Å²) in [5, 5.41) is 27.5. The predicted octanol–water partition coefficient (Wildman–Crippen LogP) is 4.17. The van der Waals surface area contributed by atoms with Crippen molar-refractivity contribution in [2.75, 3.05) is 33.7 Å². The van der Waals surface area contributed by atoms with E-state index < -0.39 is 30.1 Å². The molecule has 1 fully saturated rings.